The fourth-order valence-corrected chi connectivity index (χ4v) is 2.19. The Morgan fingerprint density at radius 2 is 1.46 bits per heavy atom. The fraction of sp³-hybridized carbons (Fsp3) is 0.211. The summed E-state index contributed by atoms with van der Waals surface area (Å²) in [4.78, 5) is 35.0. The van der Waals surface area contributed by atoms with Crippen LogP contribution in [0.25, 0.3) is 0 Å². The van der Waals surface area contributed by atoms with Crippen LogP contribution in [0.4, 0.5) is 4.79 Å². The van der Waals surface area contributed by atoms with Gasteiger partial charge in [-0.05, 0) is 11.1 Å². The maximum atomic E-state index is 12.2. The molecule has 3 N–H and O–H groups in total. The summed E-state index contributed by atoms with van der Waals surface area (Å²) in [7, 11) is 0. The van der Waals surface area contributed by atoms with Crippen molar-refractivity contribution in [2.45, 2.75) is 19.1 Å². The number of carbonyl (C=O) groups excluding carboxylic acids is 3. The molecule has 0 unspecified atom stereocenters. The zero-order valence-electron chi connectivity index (χ0n) is 14.1. The number of nitrogens with two attached hydrogens (primary N) is 1. The Labute approximate surface area is 151 Å². The zero-order chi connectivity index (χ0) is 18.8. The zero-order valence-corrected chi connectivity index (χ0v) is 14.1. The first-order chi connectivity index (χ1) is 12.5. The summed E-state index contributed by atoms with van der Waals surface area (Å²) in [6.07, 6.45) is -0.565. The van der Waals surface area contributed by atoms with E-state index in [1.807, 2.05) is 60.7 Å². The predicted molar refractivity (Wildman–Crippen MR) is 93.9 cm³/mol. The van der Waals surface area contributed by atoms with Crippen LogP contribution in [0.2, 0.25) is 0 Å². The largest absolute Gasteiger partial charge is 0.454 e. The Bertz CT molecular complexity index is 734. The monoisotopic (exact) mass is 356 g/mol. The molecule has 26 heavy (non-hydrogen) atoms. The maximum absolute atomic E-state index is 12.2. The van der Waals surface area contributed by atoms with Gasteiger partial charge in [-0.1, -0.05) is 60.7 Å². The van der Waals surface area contributed by atoms with E-state index in [1.165, 1.54) is 0 Å². The van der Waals surface area contributed by atoms with Gasteiger partial charge in [0.2, 0.25) is 0 Å². The standard InChI is InChI=1S/C19H20N2O5/c20-17(22)13-25-18(23)16(11-14-7-3-1-4-8-14)21-19(24)26-12-15-9-5-2-6-10-15/h1-10,16H,11-13H2,(H2,20,22)(H,21,24)/t16-/m1/s1. The second kappa shape index (κ2) is 9.83. The number of nitrogens with one attached hydrogen (secondary N) is 1. The van der Waals surface area contributed by atoms with Crippen LogP contribution in [0, 0.1) is 0 Å². The van der Waals surface area contributed by atoms with Crippen molar-refractivity contribution in [1.82, 2.24) is 5.32 Å². The van der Waals surface area contributed by atoms with Crippen molar-refractivity contribution in [2.24, 2.45) is 5.73 Å². The molecular formula is C19H20N2O5. The molecule has 0 aromatic heterocycles. The molecule has 7 heteroatoms. The van der Waals surface area contributed by atoms with Crippen molar-refractivity contribution >= 4 is 18.0 Å². The van der Waals surface area contributed by atoms with Crippen molar-refractivity contribution < 1.29 is 23.9 Å². The molecule has 0 radical (unpaired) electrons. The Morgan fingerprint density at radius 3 is 2.04 bits per heavy atom. The lowest BCUT2D eigenvalue weighted by Gasteiger charge is -2.17. The Hall–Kier alpha value is -3.35. The van der Waals surface area contributed by atoms with E-state index < -0.39 is 30.6 Å². The van der Waals surface area contributed by atoms with E-state index in [0.717, 1.165) is 11.1 Å². The Morgan fingerprint density at radius 1 is 0.885 bits per heavy atom. The first-order valence-corrected chi connectivity index (χ1v) is 8.00. The molecule has 0 spiro atoms. The highest BCUT2D eigenvalue weighted by atomic mass is 16.6. The highest BCUT2D eigenvalue weighted by molar-refractivity contribution is 5.84. The summed E-state index contributed by atoms with van der Waals surface area (Å²) >= 11 is 0. The molecule has 2 aromatic rings. The van der Waals surface area contributed by atoms with Gasteiger partial charge in [0.05, 0.1) is 0 Å². The van der Waals surface area contributed by atoms with Gasteiger partial charge in [-0.15, -0.1) is 0 Å². The van der Waals surface area contributed by atoms with E-state index in [4.69, 9.17) is 15.2 Å². The average molecular weight is 356 g/mol. The van der Waals surface area contributed by atoms with Gasteiger partial charge in [0, 0.05) is 6.42 Å². The van der Waals surface area contributed by atoms with Gasteiger partial charge in [0.1, 0.15) is 12.6 Å². The van der Waals surface area contributed by atoms with Crippen molar-refractivity contribution in [1.29, 1.82) is 0 Å². The number of rotatable bonds is 8. The number of alkyl carbamates (subject to hydrolysis) is 1. The quantitative estimate of drug-likeness (QED) is 0.698. The van der Waals surface area contributed by atoms with Crippen molar-refractivity contribution in [3.63, 3.8) is 0 Å². The van der Waals surface area contributed by atoms with Gasteiger partial charge in [0.15, 0.2) is 6.61 Å². The minimum atomic E-state index is -1.000. The number of hydrogen-bond donors (Lipinski definition) is 2. The molecule has 0 aliphatic heterocycles. The SMILES string of the molecule is NC(=O)COC(=O)[C@@H](Cc1ccccc1)NC(=O)OCc1ccccc1. The summed E-state index contributed by atoms with van der Waals surface area (Å²) < 4.78 is 9.94. The summed E-state index contributed by atoms with van der Waals surface area (Å²) in [5.41, 5.74) is 6.61. The lowest BCUT2D eigenvalue weighted by Crippen LogP contribution is -2.44. The van der Waals surface area contributed by atoms with E-state index >= 15 is 0 Å². The number of amides is 2. The lowest BCUT2D eigenvalue weighted by molar-refractivity contribution is -0.149. The van der Waals surface area contributed by atoms with E-state index in [2.05, 4.69) is 5.32 Å². The van der Waals surface area contributed by atoms with Gasteiger partial charge >= 0.3 is 12.1 Å². The third kappa shape index (κ3) is 6.64. The minimum absolute atomic E-state index is 0.0705. The molecule has 7 nitrogen and oxygen atoms in total. The average Bonchev–Trinajstić information content (AvgIpc) is 2.65. The first kappa shape index (κ1) is 19.0. The van der Waals surface area contributed by atoms with Crippen LogP contribution in [0.5, 0.6) is 0 Å². The molecular weight excluding hydrogens is 336 g/mol. The molecule has 0 heterocycles. The van der Waals surface area contributed by atoms with Crippen LogP contribution in [0.3, 0.4) is 0 Å². The first-order valence-electron chi connectivity index (χ1n) is 8.00. The second-order valence-electron chi connectivity index (χ2n) is 5.52. The van der Waals surface area contributed by atoms with Gasteiger partial charge in [-0.2, -0.15) is 0 Å². The van der Waals surface area contributed by atoms with Crippen molar-refractivity contribution in [3.8, 4) is 0 Å². The summed E-state index contributed by atoms with van der Waals surface area (Å²) in [5.74, 6) is -1.53. The number of carbonyl (C=O) groups is 3. The van der Waals surface area contributed by atoms with E-state index in [0.29, 0.717) is 0 Å². The van der Waals surface area contributed by atoms with E-state index in [1.54, 1.807) is 0 Å². The number of esters is 1. The third-order valence-corrected chi connectivity index (χ3v) is 3.43. The van der Waals surface area contributed by atoms with Crippen LogP contribution in [-0.2, 0) is 32.1 Å². The highest BCUT2D eigenvalue weighted by Crippen LogP contribution is 2.06. The van der Waals surface area contributed by atoms with Crippen LogP contribution < -0.4 is 11.1 Å². The molecule has 0 aliphatic carbocycles. The fourth-order valence-electron chi connectivity index (χ4n) is 2.19. The molecule has 0 aliphatic rings. The molecule has 2 aromatic carbocycles. The molecule has 0 fully saturated rings. The smallest absolute Gasteiger partial charge is 0.408 e. The topological polar surface area (TPSA) is 108 Å². The van der Waals surface area contributed by atoms with Gasteiger partial charge in [-0.3, -0.25) is 4.79 Å². The van der Waals surface area contributed by atoms with E-state index in [-0.39, 0.29) is 13.0 Å². The van der Waals surface area contributed by atoms with Crippen LogP contribution >= 0.6 is 0 Å². The number of primary amides is 1. The van der Waals surface area contributed by atoms with Crippen molar-refractivity contribution in [2.75, 3.05) is 6.61 Å². The lowest BCUT2D eigenvalue weighted by atomic mass is 10.1. The van der Waals surface area contributed by atoms with Crippen LogP contribution in [0.1, 0.15) is 11.1 Å². The van der Waals surface area contributed by atoms with Crippen molar-refractivity contribution in [3.05, 3.63) is 71.8 Å². The molecule has 2 rings (SSSR count). The molecule has 0 saturated carbocycles. The molecule has 0 saturated heterocycles. The molecule has 2 amide bonds. The summed E-state index contributed by atoms with van der Waals surface area (Å²) in [5, 5.41) is 2.47. The van der Waals surface area contributed by atoms with Crippen LogP contribution in [-0.4, -0.2) is 30.6 Å². The molecule has 136 valence electrons. The normalized spacial score (nSPS) is 11.2. The summed E-state index contributed by atoms with van der Waals surface area (Å²) in [6, 6.07) is 17.2. The summed E-state index contributed by atoms with van der Waals surface area (Å²) in [6.45, 7) is -0.480. The molecule has 1 atom stereocenters. The predicted octanol–water partition coefficient (Wildman–Crippen LogP) is 1.55. The highest BCUT2D eigenvalue weighted by Gasteiger charge is 2.24. The Balaban J connectivity index is 1.96. The van der Waals surface area contributed by atoms with Gasteiger partial charge in [0.25, 0.3) is 5.91 Å². The van der Waals surface area contributed by atoms with E-state index in [9.17, 15) is 14.4 Å². The van der Waals surface area contributed by atoms with Gasteiger partial charge in [-0.25, -0.2) is 9.59 Å². The van der Waals surface area contributed by atoms with Gasteiger partial charge < -0.3 is 20.5 Å². The maximum Gasteiger partial charge on any atom is 0.408 e. The number of hydrogen-bond acceptors (Lipinski definition) is 5. The number of ether oxygens (including phenoxy) is 2. The Kier molecular flexibility index (Phi) is 7.17. The molecule has 0 bridgehead atoms. The third-order valence-electron chi connectivity index (χ3n) is 3.43. The second-order valence-corrected chi connectivity index (χ2v) is 5.52. The minimum Gasteiger partial charge on any atom is -0.454 e. The van der Waals surface area contributed by atoms with Crippen LogP contribution in [0.15, 0.2) is 60.7 Å². The number of benzene rings is 2.